The van der Waals surface area contributed by atoms with E-state index in [0.29, 0.717) is 13.1 Å². The van der Waals surface area contributed by atoms with Gasteiger partial charge in [0.05, 0.1) is 13.7 Å². The van der Waals surface area contributed by atoms with Gasteiger partial charge in [-0.2, -0.15) is 0 Å². The largest absolute Gasteiger partial charge is 0.496 e. The minimum absolute atomic E-state index is 0. The number of rotatable bonds is 6. The zero-order valence-electron chi connectivity index (χ0n) is 14.9. The van der Waals surface area contributed by atoms with Crippen LogP contribution >= 0.6 is 12.4 Å². The predicted octanol–water partition coefficient (Wildman–Crippen LogP) is 1.77. The third-order valence-electron chi connectivity index (χ3n) is 4.44. The van der Waals surface area contributed by atoms with Crippen molar-refractivity contribution in [1.29, 1.82) is 0 Å². The van der Waals surface area contributed by atoms with E-state index in [9.17, 15) is 4.79 Å². The third-order valence-corrected chi connectivity index (χ3v) is 4.44. The van der Waals surface area contributed by atoms with Crippen LogP contribution in [0.3, 0.4) is 0 Å². The normalized spacial score (nSPS) is 17.2. The van der Waals surface area contributed by atoms with Gasteiger partial charge in [0.2, 0.25) is 5.91 Å². The molecule has 140 valence electrons. The van der Waals surface area contributed by atoms with Gasteiger partial charge in [0.15, 0.2) is 0 Å². The molecule has 1 aliphatic rings. The molecule has 1 aliphatic heterocycles. The van der Waals surface area contributed by atoms with E-state index < -0.39 is 0 Å². The number of hydrogen-bond acceptors (Lipinski definition) is 5. The smallest absolute Gasteiger partial charge is 0.234 e. The number of nitrogens with one attached hydrogen (secondary N) is 2. The van der Waals surface area contributed by atoms with Gasteiger partial charge >= 0.3 is 0 Å². The minimum atomic E-state index is 0. The number of carbonyl (C=O) groups excluding carboxylic acids is 1. The maximum atomic E-state index is 12.4. The number of aromatic nitrogens is 1. The van der Waals surface area contributed by atoms with Gasteiger partial charge in [-0.25, -0.2) is 0 Å². The lowest BCUT2D eigenvalue weighted by Gasteiger charge is -2.35. The summed E-state index contributed by atoms with van der Waals surface area (Å²) in [5.74, 6) is 0.805. The molecule has 0 aliphatic carbocycles. The van der Waals surface area contributed by atoms with Gasteiger partial charge in [0, 0.05) is 50.2 Å². The first-order valence-corrected chi connectivity index (χ1v) is 8.51. The van der Waals surface area contributed by atoms with Crippen LogP contribution in [0.2, 0.25) is 0 Å². The topological polar surface area (TPSA) is 66.5 Å². The highest BCUT2D eigenvalue weighted by atomic mass is 35.5. The van der Waals surface area contributed by atoms with Gasteiger partial charge in [0.1, 0.15) is 5.75 Å². The van der Waals surface area contributed by atoms with Crippen LogP contribution in [0.25, 0.3) is 0 Å². The molecule has 0 spiro atoms. The Labute approximate surface area is 160 Å². The fourth-order valence-electron chi connectivity index (χ4n) is 3.12. The number of benzene rings is 1. The zero-order valence-corrected chi connectivity index (χ0v) is 15.7. The molecule has 7 heteroatoms. The molecule has 1 fully saturated rings. The summed E-state index contributed by atoms with van der Waals surface area (Å²) >= 11 is 0. The number of amides is 1. The van der Waals surface area contributed by atoms with Gasteiger partial charge in [-0.05, 0) is 17.7 Å². The molecule has 3 rings (SSSR count). The van der Waals surface area contributed by atoms with E-state index >= 15 is 0 Å². The summed E-state index contributed by atoms with van der Waals surface area (Å²) in [6, 6.07) is 11.9. The quantitative estimate of drug-likeness (QED) is 0.804. The Kier molecular flexibility index (Phi) is 7.84. The molecule has 1 saturated heterocycles. The SMILES string of the molecule is COc1ccccc1CNC(=O)CN1CCNCC1c1cccnc1.Cl. The van der Waals surface area contributed by atoms with Crippen molar-refractivity contribution >= 4 is 18.3 Å². The first-order valence-electron chi connectivity index (χ1n) is 8.51. The van der Waals surface area contributed by atoms with E-state index in [1.165, 1.54) is 0 Å². The van der Waals surface area contributed by atoms with Crippen molar-refractivity contribution < 1.29 is 9.53 Å². The van der Waals surface area contributed by atoms with Crippen molar-refractivity contribution in [3.05, 3.63) is 59.9 Å². The van der Waals surface area contributed by atoms with Crippen LogP contribution in [0.1, 0.15) is 17.2 Å². The number of pyridine rings is 1. The Balaban J connectivity index is 0.00000243. The van der Waals surface area contributed by atoms with Crippen molar-refractivity contribution in [3.8, 4) is 5.75 Å². The van der Waals surface area contributed by atoms with Crippen LogP contribution < -0.4 is 15.4 Å². The van der Waals surface area contributed by atoms with Gasteiger partial charge < -0.3 is 15.4 Å². The molecule has 1 amide bonds. The molecule has 1 unspecified atom stereocenters. The second kappa shape index (κ2) is 10.1. The van der Waals surface area contributed by atoms with E-state index in [-0.39, 0.29) is 24.4 Å². The maximum absolute atomic E-state index is 12.4. The van der Waals surface area contributed by atoms with E-state index in [1.54, 1.807) is 13.3 Å². The number of methoxy groups -OCH3 is 1. The second-order valence-corrected chi connectivity index (χ2v) is 6.07. The lowest BCUT2D eigenvalue weighted by Crippen LogP contribution is -2.49. The maximum Gasteiger partial charge on any atom is 0.234 e. The predicted molar refractivity (Wildman–Crippen MR) is 104 cm³/mol. The molecule has 26 heavy (non-hydrogen) atoms. The molecular weight excluding hydrogens is 352 g/mol. The summed E-state index contributed by atoms with van der Waals surface area (Å²) in [4.78, 5) is 18.8. The molecule has 6 nitrogen and oxygen atoms in total. The Hall–Kier alpha value is -2.15. The summed E-state index contributed by atoms with van der Waals surface area (Å²) < 4.78 is 5.33. The van der Waals surface area contributed by atoms with Crippen LogP contribution in [0, 0.1) is 0 Å². The first-order chi connectivity index (χ1) is 12.3. The number of halogens is 1. The van der Waals surface area contributed by atoms with E-state index in [4.69, 9.17) is 4.74 Å². The second-order valence-electron chi connectivity index (χ2n) is 6.07. The highest BCUT2D eigenvalue weighted by Gasteiger charge is 2.25. The molecule has 2 N–H and O–H groups in total. The number of carbonyl (C=O) groups is 1. The van der Waals surface area contributed by atoms with Gasteiger partial charge in [0.25, 0.3) is 0 Å². The van der Waals surface area contributed by atoms with E-state index in [0.717, 1.165) is 36.5 Å². The molecular formula is C19H25ClN4O2. The number of piperazine rings is 1. The van der Waals surface area contributed by atoms with E-state index in [2.05, 4.69) is 26.6 Å². The molecule has 2 aromatic rings. The van der Waals surface area contributed by atoms with Crippen LogP contribution in [0.5, 0.6) is 5.75 Å². The molecule has 0 saturated carbocycles. The van der Waals surface area contributed by atoms with Crippen LogP contribution in [0.4, 0.5) is 0 Å². The molecule has 0 bridgehead atoms. The molecule has 2 heterocycles. The summed E-state index contributed by atoms with van der Waals surface area (Å²) in [5, 5.41) is 6.39. The Morgan fingerprint density at radius 1 is 1.35 bits per heavy atom. The van der Waals surface area contributed by atoms with Crippen molar-refractivity contribution in [2.75, 3.05) is 33.3 Å². The Morgan fingerprint density at radius 3 is 2.96 bits per heavy atom. The number of ether oxygens (including phenoxy) is 1. The standard InChI is InChI=1S/C19H24N4O2.ClH/c1-25-18-7-3-2-5-16(18)12-22-19(24)14-23-10-9-21-13-17(23)15-6-4-8-20-11-15;/h2-8,11,17,21H,9-10,12-14H2,1H3,(H,22,24);1H. The zero-order chi connectivity index (χ0) is 17.5. The highest BCUT2D eigenvalue weighted by Crippen LogP contribution is 2.21. The van der Waals surface area contributed by atoms with Crippen molar-refractivity contribution in [2.45, 2.75) is 12.6 Å². The summed E-state index contributed by atoms with van der Waals surface area (Å²) in [5.41, 5.74) is 2.11. The summed E-state index contributed by atoms with van der Waals surface area (Å²) in [6.07, 6.45) is 3.64. The highest BCUT2D eigenvalue weighted by molar-refractivity contribution is 5.85. The lowest BCUT2D eigenvalue weighted by atomic mass is 10.1. The average Bonchev–Trinajstić information content (AvgIpc) is 2.67. The van der Waals surface area contributed by atoms with E-state index in [1.807, 2.05) is 36.5 Å². The lowest BCUT2D eigenvalue weighted by molar-refractivity contribution is -0.123. The van der Waals surface area contributed by atoms with Gasteiger partial charge in [-0.15, -0.1) is 12.4 Å². The third kappa shape index (κ3) is 5.17. The van der Waals surface area contributed by atoms with Crippen molar-refractivity contribution in [2.24, 2.45) is 0 Å². The van der Waals surface area contributed by atoms with Crippen LogP contribution in [0.15, 0.2) is 48.8 Å². The van der Waals surface area contributed by atoms with Crippen molar-refractivity contribution in [3.63, 3.8) is 0 Å². The van der Waals surface area contributed by atoms with Crippen LogP contribution in [-0.2, 0) is 11.3 Å². The number of nitrogens with zero attached hydrogens (tertiary/aromatic N) is 2. The fourth-order valence-corrected chi connectivity index (χ4v) is 3.12. The average molecular weight is 377 g/mol. The van der Waals surface area contributed by atoms with Gasteiger partial charge in [-0.3, -0.25) is 14.7 Å². The van der Waals surface area contributed by atoms with Gasteiger partial charge in [-0.1, -0.05) is 24.3 Å². The number of para-hydroxylation sites is 1. The Morgan fingerprint density at radius 2 is 2.19 bits per heavy atom. The monoisotopic (exact) mass is 376 g/mol. The summed E-state index contributed by atoms with van der Waals surface area (Å²) in [6.45, 7) is 3.38. The minimum Gasteiger partial charge on any atom is -0.496 e. The first kappa shape index (κ1) is 20.2. The van der Waals surface area contributed by atoms with Crippen LogP contribution in [-0.4, -0.2) is 49.1 Å². The molecule has 0 radical (unpaired) electrons. The van der Waals surface area contributed by atoms with Crippen molar-refractivity contribution in [1.82, 2.24) is 20.5 Å². The molecule has 1 aromatic carbocycles. The molecule has 1 aromatic heterocycles. The Bertz CT molecular complexity index is 699. The number of hydrogen-bond donors (Lipinski definition) is 2. The molecule has 1 atom stereocenters. The fraction of sp³-hybridized carbons (Fsp3) is 0.368. The summed E-state index contributed by atoms with van der Waals surface area (Å²) in [7, 11) is 1.64.